The fourth-order valence-corrected chi connectivity index (χ4v) is 6.51. The molecule has 8 nitrogen and oxygen atoms in total. The molecule has 2 heterocycles. The number of carbonyl (C=O) groups is 2. The van der Waals surface area contributed by atoms with E-state index in [9.17, 15) is 14.0 Å². The van der Waals surface area contributed by atoms with Crippen molar-refractivity contribution in [3.8, 4) is 16.9 Å². The van der Waals surface area contributed by atoms with Crippen molar-refractivity contribution in [1.82, 2.24) is 14.7 Å². The minimum absolute atomic E-state index is 0.0251. The minimum atomic E-state index is -0.502. The van der Waals surface area contributed by atoms with Crippen LogP contribution < -0.4 is 10.5 Å². The van der Waals surface area contributed by atoms with Gasteiger partial charge in [0, 0.05) is 44.8 Å². The molecule has 1 atom stereocenters. The zero-order chi connectivity index (χ0) is 31.8. The van der Waals surface area contributed by atoms with Crippen molar-refractivity contribution in [3.63, 3.8) is 0 Å². The molecule has 2 saturated heterocycles. The molecule has 0 radical (unpaired) electrons. The first-order chi connectivity index (χ1) is 21.9. The summed E-state index contributed by atoms with van der Waals surface area (Å²) < 4.78 is 25.1. The zero-order valence-electron chi connectivity index (χ0n) is 26.4. The van der Waals surface area contributed by atoms with Gasteiger partial charge in [0.05, 0.1) is 25.3 Å². The van der Waals surface area contributed by atoms with E-state index in [1.165, 1.54) is 18.7 Å². The topological polar surface area (TPSA) is 88.3 Å². The number of piperazine rings is 1. The number of likely N-dealkylation sites (tertiary alicyclic amines) is 1. The summed E-state index contributed by atoms with van der Waals surface area (Å²) in [6.45, 7) is 8.08. The highest BCUT2D eigenvalue weighted by Gasteiger charge is 2.33. The summed E-state index contributed by atoms with van der Waals surface area (Å²) in [5, 5.41) is 0. The highest BCUT2D eigenvalue weighted by molar-refractivity contribution is 5.91. The van der Waals surface area contributed by atoms with Crippen molar-refractivity contribution in [1.29, 1.82) is 0 Å². The number of nitrogens with zero attached hydrogens (tertiary/aromatic N) is 3. The molecule has 2 N–H and O–H groups in total. The van der Waals surface area contributed by atoms with Gasteiger partial charge in [-0.3, -0.25) is 9.69 Å². The molecule has 1 amide bonds. The van der Waals surface area contributed by atoms with Crippen LogP contribution in [0.25, 0.3) is 11.1 Å². The molecule has 0 spiro atoms. The van der Waals surface area contributed by atoms with Crippen LogP contribution in [-0.4, -0.2) is 92.1 Å². The molecular weight excluding hydrogens is 571 g/mol. The number of hydrogen-bond acceptors (Lipinski definition) is 7. The lowest BCUT2D eigenvalue weighted by molar-refractivity contribution is -0.136. The van der Waals surface area contributed by atoms with Gasteiger partial charge < -0.3 is 25.0 Å². The Hall–Kier alpha value is -3.79. The van der Waals surface area contributed by atoms with Crippen LogP contribution in [0.5, 0.6) is 5.75 Å². The fourth-order valence-electron chi connectivity index (χ4n) is 6.51. The van der Waals surface area contributed by atoms with Gasteiger partial charge in [0.1, 0.15) is 11.6 Å². The van der Waals surface area contributed by atoms with Gasteiger partial charge in [0.25, 0.3) is 0 Å². The van der Waals surface area contributed by atoms with Crippen LogP contribution in [0, 0.1) is 11.7 Å². The Bertz CT molecular complexity index is 1450. The average molecular weight is 617 g/mol. The maximum atomic E-state index is 14.5. The third kappa shape index (κ3) is 8.09. The van der Waals surface area contributed by atoms with Crippen molar-refractivity contribution in [2.45, 2.75) is 38.8 Å². The Kier molecular flexibility index (Phi) is 11.2. The molecule has 3 aromatic rings. The van der Waals surface area contributed by atoms with E-state index in [1.807, 2.05) is 36.1 Å². The molecular formula is C36H45FN4O4. The smallest absolute Gasteiger partial charge is 0.337 e. The number of hydrogen-bond donors (Lipinski definition) is 1. The number of carbonyl (C=O) groups excluding carboxylic acids is 2. The molecule has 240 valence electrons. The number of halogens is 1. The normalized spacial score (nSPS) is 17.2. The number of rotatable bonds is 11. The van der Waals surface area contributed by atoms with Crippen LogP contribution in [0.3, 0.4) is 0 Å². The molecule has 2 aliphatic rings. The lowest BCUT2D eigenvalue weighted by atomic mass is 9.88. The van der Waals surface area contributed by atoms with E-state index < -0.39 is 6.04 Å². The van der Waals surface area contributed by atoms with Crippen molar-refractivity contribution >= 4 is 11.9 Å². The Labute approximate surface area is 265 Å². The highest BCUT2D eigenvalue weighted by Crippen LogP contribution is 2.28. The number of benzene rings is 3. The SMILES string of the molecule is CCOc1cccc(F)c1CN1CCN(C(=O)[C@H](N)C2CCN(CCc3ccccc3-c3cccc(C(=O)OC)c3)CC2)CC1. The standard InChI is InChI=1S/C36H45FN4O4/c1-3-45-33-13-7-12-32(37)31(33)25-40-20-22-41(23-21-40)35(42)34(38)27-15-18-39(19-16-27)17-14-26-8-4-5-11-30(26)28-9-6-10-29(24-28)36(43)44-2/h4-13,24,27,34H,3,14-23,25,38H2,1-2H3/t34-/m1/s1. The number of piperidine rings is 1. The summed E-state index contributed by atoms with van der Waals surface area (Å²) >= 11 is 0. The quantitative estimate of drug-likeness (QED) is 0.315. The Morgan fingerprint density at radius 3 is 2.40 bits per heavy atom. The van der Waals surface area contributed by atoms with Gasteiger partial charge >= 0.3 is 5.97 Å². The van der Waals surface area contributed by atoms with Crippen molar-refractivity contribution in [2.24, 2.45) is 11.7 Å². The Morgan fingerprint density at radius 2 is 1.67 bits per heavy atom. The summed E-state index contributed by atoms with van der Waals surface area (Å²) in [5.41, 5.74) is 11.0. The van der Waals surface area contributed by atoms with Crippen molar-refractivity contribution in [2.75, 3.05) is 59.5 Å². The first-order valence-corrected chi connectivity index (χ1v) is 16.0. The van der Waals surface area contributed by atoms with E-state index in [0.717, 1.165) is 50.0 Å². The highest BCUT2D eigenvalue weighted by atomic mass is 19.1. The summed E-state index contributed by atoms with van der Waals surface area (Å²) in [6, 6.07) is 20.3. The van der Waals surface area contributed by atoms with Crippen LogP contribution in [-0.2, 0) is 22.5 Å². The van der Waals surface area contributed by atoms with Gasteiger partial charge in [-0.2, -0.15) is 0 Å². The first kappa shape index (κ1) is 32.6. The van der Waals surface area contributed by atoms with Crippen LogP contribution in [0.2, 0.25) is 0 Å². The molecule has 2 aliphatic heterocycles. The summed E-state index contributed by atoms with van der Waals surface area (Å²) in [7, 11) is 1.39. The summed E-state index contributed by atoms with van der Waals surface area (Å²) in [6.07, 6.45) is 2.67. The zero-order valence-corrected chi connectivity index (χ0v) is 26.4. The predicted molar refractivity (Wildman–Crippen MR) is 173 cm³/mol. The van der Waals surface area contributed by atoms with E-state index in [1.54, 1.807) is 18.2 Å². The molecule has 3 aromatic carbocycles. The van der Waals surface area contributed by atoms with Crippen LogP contribution in [0.4, 0.5) is 4.39 Å². The lowest BCUT2D eigenvalue weighted by Gasteiger charge is -2.39. The summed E-state index contributed by atoms with van der Waals surface area (Å²) in [5.74, 6) is 0.165. The van der Waals surface area contributed by atoms with Crippen LogP contribution >= 0.6 is 0 Å². The molecule has 9 heteroatoms. The van der Waals surface area contributed by atoms with Gasteiger partial charge in [-0.05, 0) is 86.1 Å². The monoisotopic (exact) mass is 616 g/mol. The van der Waals surface area contributed by atoms with Gasteiger partial charge in [-0.15, -0.1) is 0 Å². The van der Waals surface area contributed by atoms with E-state index in [0.29, 0.717) is 56.2 Å². The second-order valence-electron chi connectivity index (χ2n) is 11.9. The third-order valence-corrected chi connectivity index (χ3v) is 9.18. The second kappa shape index (κ2) is 15.5. The minimum Gasteiger partial charge on any atom is -0.493 e. The number of nitrogens with two attached hydrogens (primary N) is 1. The number of ether oxygens (including phenoxy) is 2. The molecule has 5 rings (SSSR count). The maximum Gasteiger partial charge on any atom is 0.337 e. The van der Waals surface area contributed by atoms with Gasteiger partial charge in [0.15, 0.2) is 0 Å². The van der Waals surface area contributed by atoms with Crippen LogP contribution in [0.15, 0.2) is 66.7 Å². The molecule has 0 saturated carbocycles. The molecule has 0 aliphatic carbocycles. The van der Waals surface area contributed by atoms with E-state index >= 15 is 0 Å². The van der Waals surface area contributed by atoms with E-state index in [2.05, 4.69) is 28.0 Å². The Balaban J connectivity index is 1.09. The van der Waals surface area contributed by atoms with Crippen molar-refractivity contribution < 1.29 is 23.5 Å². The van der Waals surface area contributed by atoms with Gasteiger partial charge in [0.2, 0.25) is 5.91 Å². The van der Waals surface area contributed by atoms with Crippen molar-refractivity contribution in [3.05, 3.63) is 89.2 Å². The predicted octanol–water partition coefficient (Wildman–Crippen LogP) is 4.60. The fraction of sp³-hybridized carbons (Fsp3) is 0.444. The molecule has 0 aromatic heterocycles. The molecule has 0 unspecified atom stereocenters. The van der Waals surface area contributed by atoms with Gasteiger partial charge in [-0.25, -0.2) is 9.18 Å². The van der Waals surface area contributed by atoms with E-state index in [-0.39, 0.29) is 23.6 Å². The molecule has 0 bridgehead atoms. The maximum absolute atomic E-state index is 14.5. The molecule has 45 heavy (non-hydrogen) atoms. The molecule has 2 fully saturated rings. The first-order valence-electron chi connectivity index (χ1n) is 16.0. The third-order valence-electron chi connectivity index (χ3n) is 9.18. The Morgan fingerprint density at radius 1 is 0.933 bits per heavy atom. The van der Waals surface area contributed by atoms with Gasteiger partial charge in [-0.1, -0.05) is 42.5 Å². The number of methoxy groups -OCH3 is 1. The summed E-state index contributed by atoms with van der Waals surface area (Å²) in [4.78, 5) is 31.9. The number of amides is 1. The van der Waals surface area contributed by atoms with E-state index in [4.69, 9.17) is 15.2 Å². The largest absolute Gasteiger partial charge is 0.493 e. The van der Waals surface area contributed by atoms with Crippen LogP contribution in [0.1, 0.15) is 41.3 Å². The lowest BCUT2D eigenvalue weighted by Crippen LogP contribution is -2.55. The second-order valence-corrected chi connectivity index (χ2v) is 11.9. The number of esters is 1. The average Bonchev–Trinajstić information content (AvgIpc) is 3.08.